The third-order valence-corrected chi connectivity index (χ3v) is 2.34. The van der Waals surface area contributed by atoms with Crippen molar-refractivity contribution < 1.29 is 19.1 Å². The maximum absolute atomic E-state index is 11.9. The summed E-state index contributed by atoms with van der Waals surface area (Å²) >= 11 is 0. The summed E-state index contributed by atoms with van der Waals surface area (Å²) < 4.78 is 9.93. The minimum Gasteiger partial charge on any atom is -0.467 e. The van der Waals surface area contributed by atoms with Crippen LogP contribution in [0.25, 0.3) is 0 Å². The van der Waals surface area contributed by atoms with Gasteiger partial charge in [0.25, 0.3) is 0 Å². The molecule has 106 valence electrons. The average molecular weight is 281 g/mol. The maximum atomic E-state index is 11.9. The standard InChI is InChI=1S/C11H20N2O4.ClH/c1-11(2,3)17-10(15)13-6-5-12-7-8(13)9(14)16-4;/h8,12H,5-7H2,1-4H3;1H/t8-;/m1./s1. The van der Waals surface area contributed by atoms with Crippen LogP contribution in [0.2, 0.25) is 0 Å². The topological polar surface area (TPSA) is 67.9 Å². The third kappa shape index (κ3) is 4.70. The van der Waals surface area contributed by atoms with E-state index in [1.165, 1.54) is 12.0 Å². The van der Waals surface area contributed by atoms with E-state index in [1.54, 1.807) is 20.8 Å². The van der Waals surface area contributed by atoms with Crippen molar-refractivity contribution in [2.24, 2.45) is 0 Å². The summed E-state index contributed by atoms with van der Waals surface area (Å²) in [5.41, 5.74) is -0.567. The van der Waals surface area contributed by atoms with Gasteiger partial charge in [-0.25, -0.2) is 9.59 Å². The first kappa shape index (κ1) is 17.0. The Bertz CT molecular complexity index is 304. The third-order valence-electron chi connectivity index (χ3n) is 2.34. The summed E-state index contributed by atoms with van der Waals surface area (Å²) in [6.07, 6.45) is -0.477. The van der Waals surface area contributed by atoms with Crippen LogP contribution in [-0.2, 0) is 14.3 Å². The SMILES string of the molecule is COC(=O)[C@H]1CNCCN1C(=O)OC(C)(C)C.Cl. The number of carbonyl (C=O) groups is 2. The fourth-order valence-electron chi connectivity index (χ4n) is 1.59. The maximum Gasteiger partial charge on any atom is 0.411 e. The second kappa shape index (κ2) is 6.80. The monoisotopic (exact) mass is 280 g/mol. The van der Waals surface area contributed by atoms with Gasteiger partial charge in [0.15, 0.2) is 0 Å². The highest BCUT2D eigenvalue weighted by Gasteiger charge is 2.35. The lowest BCUT2D eigenvalue weighted by Gasteiger charge is -2.35. The van der Waals surface area contributed by atoms with Crippen molar-refractivity contribution >= 4 is 24.5 Å². The lowest BCUT2D eigenvalue weighted by Crippen LogP contribution is -2.58. The predicted octanol–water partition coefficient (Wildman–Crippen LogP) is 0.790. The molecule has 1 fully saturated rings. The Balaban J connectivity index is 0.00000289. The molecular weight excluding hydrogens is 260 g/mol. The van der Waals surface area contributed by atoms with E-state index in [0.29, 0.717) is 19.6 Å². The number of methoxy groups -OCH3 is 1. The normalized spacial score (nSPS) is 19.8. The van der Waals surface area contributed by atoms with Gasteiger partial charge in [-0.05, 0) is 20.8 Å². The van der Waals surface area contributed by atoms with Crippen LogP contribution in [0.5, 0.6) is 0 Å². The van der Waals surface area contributed by atoms with Gasteiger partial charge in [-0.1, -0.05) is 0 Å². The van der Waals surface area contributed by atoms with Gasteiger partial charge >= 0.3 is 12.1 Å². The van der Waals surface area contributed by atoms with Crippen LogP contribution in [0.1, 0.15) is 20.8 Å². The summed E-state index contributed by atoms with van der Waals surface area (Å²) in [7, 11) is 1.31. The summed E-state index contributed by atoms with van der Waals surface area (Å²) in [6.45, 7) is 6.86. The summed E-state index contributed by atoms with van der Waals surface area (Å²) in [6, 6.07) is -0.608. The number of hydrogen-bond acceptors (Lipinski definition) is 5. The minimum atomic E-state index is -0.608. The molecule has 1 aliphatic heterocycles. The van der Waals surface area contributed by atoms with Gasteiger partial charge in [0, 0.05) is 19.6 Å². The van der Waals surface area contributed by atoms with Crippen molar-refractivity contribution in [2.75, 3.05) is 26.7 Å². The molecule has 18 heavy (non-hydrogen) atoms. The predicted molar refractivity (Wildman–Crippen MR) is 68.9 cm³/mol. The molecule has 0 saturated carbocycles. The minimum absolute atomic E-state index is 0. The molecule has 0 aromatic rings. The first-order valence-corrected chi connectivity index (χ1v) is 5.63. The van der Waals surface area contributed by atoms with Gasteiger partial charge in [-0.15, -0.1) is 12.4 Å². The zero-order valence-electron chi connectivity index (χ0n) is 11.2. The van der Waals surface area contributed by atoms with Crippen LogP contribution in [0.3, 0.4) is 0 Å². The molecule has 1 saturated heterocycles. The number of rotatable bonds is 1. The van der Waals surface area contributed by atoms with Gasteiger partial charge in [0.05, 0.1) is 7.11 Å². The second-order valence-electron chi connectivity index (χ2n) is 4.92. The van der Waals surface area contributed by atoms with Crippen LogP contribution in [-0.4, -0.2) is 55.3 Å². The molecule has 7 heteroatoms. The molecular formula is C11H21ClN2O4. The van der Waals surface area contributed by atoms with Crippen LogP contribution in [0.15, 0.2) is 0 Å². The number of halogens is 1. The van der Waals surface area contributed by atoms with Crippen molar-refractivity contribution in [2.45, 2.75) is 32.4 Å². The highest BCUT2D eigenvalue weighted by molar-refractivity contribution is 5.85. The van der Waals surface area contributed by atoms with Crippen molar-refractivity contribution in [3.8, 4) is 0 Å². The summed E-state index contributed by atoms with van der Waals surface area (Å²) in [5, 5.41) is 3.05. The lowest BCUT2D eigenvalue weighted by molar-refractivity contribution is -0.147. The van der Waals surface area contributed by atoms with E-state index in [4.69, 9.17) is 4.74 Å². The van der Waals surface area contributed by atoms with Crippen LogP contribution in [0.4, 0.5) is 4.79 Å². The molecule has 0 aliphatic carbocycles. The van der Waals surface area contributed by atoms with E-state index in [-0.39, 0.29) is 12.4 Å². The van der Waals surface area contributed by atoms with E-state index >= 15 is 0 Å². The van der Waals surface area contributed by atoms with Gasteiger partial charge < -0.3 is 14.8 Å². The van der Waals surface area contributed by atoms with E-state index in [9.17, 15) is 9.59 Å². The molecule has 1 atom stereocenters. The number of nitrogens with one attached hydrogen (secondary N) is 1. The second-order valence-corrected chi connectivity index (χ2v) is 4.92. The number of amides is 1. The van der Waals surface area contributed by atoms with Gasteiger partial charge in [-0.2, -0.15) is 0 Å². The fourth-order valence-corrected chi connectivity index (χ4v) is 1.59. The van der Waals surface area contributed by atoms with E-state index in [2.05, 4.69) is 10.1 Å². The molecule has 0 aromatic heterocycles. The zero-order chi connectivity index (χ0) is 13.1. The Morgan fingerprint density at radius 2 is 1.94 bits per heavy atom. The number of carbonyl (C=O) groups excluding carboxylic acids is 2. The summed E-state index contributed by atoms with van der Waals surface area (Å²) in [4.78, 5) is 24.9. The van der Waals surface area contributed by atoms with Crippen LogP contribution < -0.4 is 5.32 Å². The fraction of sp³-hybridized carbons (Fsp3) is 0.818. The molecule has 0 spiro atoms. The highest BCUT2D eigenvalue weighted by atomic mass is 35.5. The Kier molecular flexibility index (Phi) is 6.42. The molecule has 0 radical (unpaired) electrons. The molecule has 0 aromatic carbocycles. The number of piperazine rings is 1. The largest absolute Gasteiger partial charge is 0.467 e. The molecule has 0 bridgehead atoms. The molecule has 1 aliphatic rings. The highest BCUT2D eigenvalue weighted by Crippen LogP contribution is 2.13. The first-order valence-electron chi connectivity index (χ1n) is 5.63. The average Bonchev–Trinajstić information content (AvgIpc) is 2.25. The number of hydrogen-bond donors (Lipinski definition) is 1. The van der Waals surface area contributed by atoms with Crippen molar-refractivity contribution in [3.63, 3.8) is 0 Å². The van der Waals surface area contributed by atoms with E-state index < -0.39 is 23.7 Å². The zero-order valence-corrected chi connectivity index (χ0v) is 12.0. The molecule has 1 amide bonds. The van der Waals surface area contributed by atoms with Gasteiger partial charge in [0.2, 0.25) is 0 Å². The Labute approximate surface area is 113 Å². The first-order chi connectivity index (χ1) is 7.85. The van der Waals surface area contributed by atoms with Crippen LogP contribution >= 0.6 is 12.4 Å². The van der Waals surface area contributed by atoms with Crippen molar-refractivity contribution in [1.82, 2.24) is 10.2 Å². The van der Waals surface area contributed by atoms with Gasteiger partial charge in [0.1, 0.15) is 11.6 Å². The molecule has 1 heterocycles. The van der Waals surface area contributed by atoms with E-state index in [0.717, 1.165) is 0 Å². The smallest absolute Gasteiger partial charge is 0.411 e. The molecule has 1 N–H and O–H groups in total. The molecule has 0 unspecified atom stereocenters. The molecule has 6 nitrogen and oxygen atoms in total. The quantitative estimate of drug-likeness (QED) is 0.719. The lowest BCUT2D eigenvalue weighted by atomic mass is 10.2. The van der Waals surface area contributed by atoms with Crippen LogP contribution in [0, 0.1) is 0 Å². The number of nitrogens with zero attached hydrogens (tertiary/aromatic N) is 1. The number of ether oxygens (including phenoxy) is 2. The Morgan fingerprint density at radius 1 is 1.33 bits per heavy atom. The molecule has 1 rings (SSSR count). The Hall–Kier alpha value is -1.01. The number of esters is 1. The van der Waals surface area contributed by atoms with Crippen molar-refractivity contribution in [3.05, 3.63) is 0 Å². The summed E-state index contributed by atoms with van der Waals surface area (Å²) in [5.74, 6) is -0.428. The van der Waals surface area contributed by atoms with Crippen molar-refractivity contribution in [1.29, 1.82) is 0 Å². The van der Waals surface area contributed by atoms with E-state index in [1.807, 2.05) is 0 Å². The Morgan fingerprint density at radius 3 is 2.44 bits per heavy atom. The van der Waals surface area contributed by atoms with Gasteiger partial charge in [-0.3, -0.25) is 4.90 Å².